The van der Waals surface area contributed by atoms with E-state index < -0.39 is 29.1 Å². The van der Waals surface area contributed by atoms with E-state index >= 15 is 0 Å². The van der Waals surface area contributed by atoms with Crippen LogP contribution in [0.2, 0.25) is 5.02 Å². The molecular formula is C14H10ClF3O. The summed E-state index contributed by atoms with van der Waals surface area (Å²) in [5.41, 5.74) is -0.153. The molecule has 0 saturated carbocycles. The molecule has 0 aliphatic heterocycles. The van der Waals surface area contributed by atoms with E-state index in [2.05, 4.69) is 0 Å². The SMILES string of the molecule is OC(Cc1cc(F)ccc1Cl)c1c(F)cccc1F. The lowest BCUT2D eigenvalue weighted by Crippen LogP contribution is -2.07. The molecule has 0 aromatic heterocycles. The third-order valence-corrected chi connectivity index (χ3v) is 3.12. The molecule has 0 aliphatic carbocycles. The molecule has 2 aromatic rings. The number of rotatable bonds is 3. The van der Waals surface area contributed by atoms with Crippen molar-refractivity contribution in [3.63, 3.8) is 0 Å². The van der Waals surface area contributed by atoms with E-state index in [0.717, 1.165) is 18.2 Å². The van der Waals surface area contributed by atoms with Crippen LogP contribution >= 0.6 is 11.6 Å². The maximum atomic E-state index is 13.5. The van der Waals surface area contributed by atoms with Crippen molar-refractivity contribution in [1.29, 1.82) is 0 Å². The van der Waals surface area contributed by atoms with Crippen molar-refractivity contribution in [2.24, 2.45) is 0 Å². The van der Waals surface area contributed by atoms with E-state index in [1.165, 1.54) is 18.2 Å². The van der Waals surface area contributed by atoms with E-state index in [-0.39, 0.29) is 17.0 Å². The first-order valence-electron chi connectivity index (χ1n) is 5.55. The summed E-state index contributed by atoms with van der Waals surface area (Å²) in [5.74, 6) is -2.22. The van der Waals surface area contributed by atoms with Gasteiger partial charge >= 0.3 is 0 Å². The third-order valence-electron chi connectivity index (χ3n) is 2.75. The van der Waals surface area contributed by atoms with Crippen molar-refractivity contribution >= 4 is 11.6 Å². The summed E-state index contributed by atoms with van der Waals surface area (Å²) >= 11 is 5.84. The van der Waals surface area contributed by atoms with Crippen molar-refractivity contribution in [1.82, 2.24) is 0 Å². The summed E-state index contributed by atoms with van der Waals surface area (Å²) in [7, 11) is 0. The molecule has 0 amide bonds. The highest BCUT2D eigenvalue weighted by molar-refractivity contribution is 6.31. The predicted molar refractivity (Wildman–Crippen MR) is 66.4 cm³/mol. The summed E-state index contributed by atoms with van der Waals surface area (Å²) < 4.78 is 40.0. The minimum Gasteiger partial charge on any atom is -0.388 e. The predicted octanol–water partition coefficient (Wildman–Crippen LogP) is 4.03. The molecule has 0 heterocycles. The molecule has 1 unspecified atom stereocenters. The maximum Gasteiger partial charge on any atom is 0.131 e. The molecular weight excluding hydrogens is 277 g/mol. The molecule has 5 heteroatoms. The number of aliphatic hydroxyl groups is 1. The van der Waals surface area contributed by atoms with Crippen LogP contribution in [-0.2, 0) is 6.42 Å². The van der Waals surface area contributed by atoms with Gasteiger partial charge < -0.3 is 5.11 Å². The number of hydrogen-bond acceptors (Lipinski definition) is 1. The van der Waals surface area contributed by atoms with Crippen LogP contribution in [0.4, 0.5) is 13.2 Å². The van der Waals surface area contributed by atoms with Crippen molar-refractivity contribution in [2.45, 2.75) is 12.5 Å². The van der Waals surface area contributed by atoms with Crippen molar-refractivity contribution in [3.05, 3.63) is 70.0 Å². The summed E-state index contributed by atoms with van der Waals surface area (Å²) in [5, 5.41) is 10.1. The highest BCUT2D eigenvalue weighted by Crippen LogP contribution is 2.27. The molecule has 0 aliphatic rings. The lowest BCUT2D eigenvalue weighted by molar-refractivity contribution is 0.168. The molecule has 100 valence electrons. The van der Waals surface area contributed by atoms with Gasteiger partial charge in [0.25, 0.3) is 0 Å². The van der Waals surface area contributed by atoms with Gasteiger partial charge in [-0.3, -0.25) is 0 Å². The Labute approximate surface area is 113 Å². The van der Waals surface area contributed by atoms with Gasteiger partial charge in [-0.1, -0.05) is 17.7 Å². The summed E-state index contributed by atoms with van der Waals surface area (Å²) in [6.07, 6.45) is -1.60. The minimum atomic E-state index is -1.43. The van der Waals surface area contributed by atoms with Crippen molar-refractivity contribution in [2.75, 3.05) is 0 Å². The quantitative estimate of drug-likeness (QED) is 0.903. The molecule has 0 bridgehead atoms. The molecule has 0 spiro atoms. The van der Waals surface area contributed by atoms with Gasteiger partial charge in [-0.15, -0.1) is 0 Å². The summed E-state index contributed by atoms with van der Waals surface area (Å²) in [6.45, 7) is 0. The van der Waals surface area contributed by atoms with Crippen LogP contribution in [0.3, 0.4) is 0 Å². The monoisotopic (exact) mass is 286 g/mol. The number of benzene rings is 2. The Bertz CT molecular complexity index is 581. The summed E-state index contributed by atoms with van der Waals surface area (Å²) in [6, 6.07) is 6.93. The van der Waals surface area contributed by atoms with Gasteiger partial charge in [0.15, 0.2) is 0 Å². The minimum absolute atomic E-state index is 0.172. The lowest BCUT2D eigenvalue weighted by Gasteiger charge is -2.14. The zero-order chi connectivity index (χ0) is 14.0. The first-order chi connectivity index (χ1) is 8.99. The van der Waals surface area contributed by atoms with Crippen LogP contribution in [0.1, 0.15) is 17.2 Å². The lowest BCUT2D eigenvalue weighted by atomic mass is 10.0. The van der Waals surface area contributed by atoms with Gasteiger partial charge in [0.2, 0.25) is 0 Å². The van der Waals surface area contributed by atoms with E-state index in [1.807, 2.05) is 0 Å². The zero-order valence-corrected chi connectivity index (χ0v) is 10.5. The fourth-order valence-corrected chi connectivity index (χ4v) is 2.03. The van der Waals surface area contributed by atoms with Gasteiger partial charge in [0.05, 0.1) is 11.7 Å². The normalized spacial score (nSPS) is 12.5. The Hall–Kier alpha value is -1.52. The number of hydrogen-bond donors (Lipinski definition) is 1. The fourth-order valence-electron chi connectivity index (χ4n) is 1.84. The smallest absolute Gasteiger partial charge is 0.131 e. The van der Waals surface area contributed by atoms with Crippen LogP contribution in [0, 0.1) is 17.5 Å². The molecule has 1 atom stereocenters. The first-order valence-corrected chi connectivity index (χ1v) is 5.92. The molecule has 1 nitrogen and oxygen atoms in total. The van der Waals surface area contributed by atoms with Crippen LogP contribution in [-0.4, -0.2) is 5.11 Å². The number of aliphatic hydroxyl groups excluding tert-OH is 1. The van der Waals surface area contributed by atoms with Gasteiger partial charge in [-0.2, -0.15) is 0 Å². The second kappa shape index (κ2) is 5.63. The van der Waals surface area contributed by atoms with Gasteiger partial charge in [-0.05, 0) is 35.9 Å². The van der Waals surface area contributed by atoms with Crippen molar-refractivity contribution in [3.8, 4) is 0 Å². The molecule has 19 heavy (non-hydrogen) atoms. The molecule has 2 rings (SSSR count). The Kier molecular flexibility index (Phi) is 4.12. The third kappa shape index (κ3) is 3.08. The number of halogens is 4. The van der Waals surface area contributed by atoms with Gasteiger partial charge in [0, 0.05) is 11.4 Å². The topological polar surface area (TPSA) is 20.2 Å². The maximum absolute atomic E-state index is 13.5. The molecule has 2 aromatic carbocycles. The van der Waals surface area contributed by atoms with Crippen LogP contribution in [0.5, 0.6) is 0 Å². The Morgan fingerprint density at radius 2 is 1.68 bits per heavy atom. The zero-order valence-electron chi connectivity index (χ0n) is 9.71. The second-order valence-corrected chi connectivity index (χ2v) is 4.50. The average molecular weight is 287 g/mol. The molecule has 0 saturated heterocycles. The first kappa shape index (κ1) is 13.9. The van der Waals surface area contributed by atoms with Crippen molar-refractivity contribution < 1.29 is 18.3 Å². The highest BCUT2D eigenvalue weighted by atomic mass is 35.5. The molecule has 0 fully saturated rings. The largest absolute Gasteiger partial charge is 0.388 e. The molecule has 0 radical (unpaired) electrons. The Balaban J connectivity index is 2.31. The van der Waals surface area contributed by atoms with E-state index in [1.54, 1.807) is 0 Å². The summed E-state index contributed by atoms with van der Waals surface area (Å²) in [4.78, 5) is 0. The fraction of sp³-hybridized carbons (Fsp3) is 0.143. The highest BCUT2D eigenvalue weighted by Gasteiger charge is 2.19. The van der Waals surface area contributed by atoms with E-state index in [0.29, 0.717) is 0 Å². The second-order valence-electron chi connectivity index (χ2n) is 4.09. The average Bonchev–Trinajstić information content (AvgIpc) is 2.33. The Morgan fingerprint density at radius 3 is 2.32 bits per heavy atom. The van der Waals surface area contributed by atoms with Crippen LogP contribution in [0.25, 0.3) is 0 Å². The standard InChI is InChI=1S/C14H10ClF3O/c15-10-5-4-9(16)6-8(10)7-13(19)14-11(17)2-1-3-12(14)18/h1-6,13,19H,7H2. The van der Waals surface area contributed by atoms with Crippen LogP contribution < -0.4 is 0 Å². The Morgan fingerprint density at radius 1 is 1.05 bits per heavy atom. The van der Waals surface area contributed by atoms with Gasteiger partial charge in [0.1, 0.15) is 17.5 Å². The van der Waals surface area contributed by atoms with Crippen LogP contribution in [0.15, 0.2) is 36.4 Å². The molecule has 1 N–H and O–H groups in total. The van der Waals surface area contributed by atoms with Gasteiger partial charge in [-0.25, -0.2) is 13.2 Å². The van der Waals surface area contributed by atoms with E-state index in [4.69, 9.17) is 11.6 Å². The van der Waals surface area contributed by atoms with E-state index in [9.17, 15) is 18.3 Å².